The number of carbonyl (C=O) groups excluding carboxylic acids is 1. The topological polar surface area (TPSA) is 30.7 Å². The molecule has 3 aromatic rings. The molecular weight excluding hydrogens is 330 g/mol. The van der Waals surface area contributed by atoms with Crippen LogP contribution in [0.15, 0.2) is 47.1 Å². The van der Waals surface area contributed by atoms with Crippen LogP contribution in [0.5, 0.6) is 5.75 Å². The standard InChI is InChI=1S/C17H14BrNO2/c1-11-5-6-19-13(7-11)9-14(16(19)10-20)15-8-12(18)3-4-17(15)21-2/h3-10H,1-2H3. The van der Waals surface area contributed by atoms with E-state index in [1.54, 1.807) is 7.11 Å². The first-order valence-electron chi connectivity index (χ1n) is 6.55. The molecule has 0 aliphatic heterocycles. The fourth-order valence-electron chi connectivity index (χ4n) is 2.54. The summed E-state index contributed by atoms with van der Waals surface area (Å²) < 4.78 is 8.27. The molecule has 0 atom stereocenters. The second-order valence-electron chi connectivity index (χ2n) is 4.90. The summed E-state index contributed by atoms with van der Waals surface area (Å²) in [6.45, 7) is 2.03. The van der Waals surface area contributed by atoms with Gasteiger partial charge in [0.2, 0.25) is 0 Å². The second kappa shape index (κ2) is 5.37. The number of aromatic nitrogens is 1. The molecule has 0 unspecified atom stereocenters. The van der Waals surface area contributed by atoms with E-state index in [2.05, 4.69) is 22.0 Å². The van der Waals surface area contributed by atoms with Crippen LogP contribution in [0, 0.1) is 6.92 Å². The van der Waals surface area contributed by atoms with Gasteiger partial charge in [-0.15, -0.1) is 0 Å². The monoisotopic (exact) mass is 343 g/mol. The zero-order valence-electron chi connectivity index (χ0n) is 11.8. The summed E-state index contributed by atoms with van der Waals surface area (Å²) in [6.07, 6.45) is 2.81. The zero-order chi connectivity index (χ0) is 15.0. The number of hydrogen-bond acceptors (Lipinski definition) is 2. The quantitative estimate of drug-likeness (QED) is 0.655. The Hall–Kier alpha value is -2.07. The van der Waals surface area contributed by atoms with Crippen LogP contribution < -0.4 is 4.74 Å². The van der Waals surface area contributed by atoms with Crippen molar-refractivity contribution < 1.29 is 9.53 Å². The van der Waals surface area contributed by atoms with Crippen LogP contribution in [0.2, 0.25) is 0 Å². The number of fused-ring (bicyclic) bond motifs is 1. The van der Waals surface area contributed by atoms with E-state index >= 15 is 0 Å². The number of benzene rings is 1. The van der Waals surface area contributed by atoms with E-state index in [0.717, 1.165) is 38.7 Å². The first-order valence-corrected chi connectivity index (χ1v) is 7.34. The third-order valence-electron chi connectivity index (χ3n) is 3.53. The Morgan fingerprint density at radius 1 is 1.14 bits per heavy atom. The number of methoxy groups -OCH3 is 1. The zero-order valence-corrected chi connectivity index (χ0v) is 13.3. The fourth-order valence-corrected chi connectivity index (χ4v) is 2.90. The first kappa shape index (κ1) is 13.9. The summed E-state index contributed by atoms with van der Waals surface area (Å²) in [7, 11) is 1.63. The number of aldehydes is 1. The van der Waals surface area contributed by atoms with Gasteiger partial charge in [-0.2, -0.15) is 0 Å². The highest BCUT2D eigenvalue weighted by molar-refractivity contribution is 9.10. The minimum atomic E-state index is 0.626. The van der Waals surface area contributed by atoms with E-state index in [4.69, 9.17) is 4.74 Å². The number of pyridine rings is 1. The smallest absolute Gasteiger partial charge is 0.167 e. The van der Waals surface area contributed by atoms with Gasteiger partial charge in [-0.25, -0.2) is 0 Å². The van der Waals surface area contributed by atoms with E-state index in [0.29, 0.717) is 5.69 Å². The molecule has 0 aliphatic rings. The van der Waals surface area contributed by atoms with Crippen LogP contribution in [0.3, 0.4) is 0 Å². The highest BCUT2D eigenvalue weighted by atomic mass is 79.9. The number of hydrogen-bond donors (Lipinski definition) is 0. The molecule has 0 spiro atoms. The molecule has 0 fully saturated rings. The van der Waals surface area contributed by atoms with Gasteiger partial charge >= 0.3 is 0 Å². The van der Waals surface area contributed by atoms with Gasteiger partial charge in [-0.1, -0.05) is 15.9 Å². The van der Waals surface area contributed by atoms with Gasteiger partial charge < -0.3 is 9.14 Å². The Morgan fingerprint density at radius 3 is 2.67 bits per heavy atom. The Kier molecular flexibility index (Phi) is 3.55. The molecule has 0 amide bonds. The molecule has 0 aliphatic carbocycles. The average molecular weight is 344 g/mol. The molecule has 21 heavy (non-hydrogen) atoms. The van der Waals surface area contributed by atoms with Crippen LogP contribution in [0.25, 0.3) is 16.6 Å². The Labute approximate surface area is 131 Å². The lowest BCUT2D eigenvalue weighted by Gasteiger charge is -2.08. The Morgan fingerprint density at radius 2 is 1.95 bits per heavy atom. The normalized spacial score (nSPS) is 10.8. The van der Waals surface area contributed by atoms with E-state index < -0.39 is 0 Å². The van der Waals surface area contributed by atoms with Crippen molar-refractivity contribution in [1.82, 2.24) is 4.40 Å². The lowest BCUT2D eigenvalue weighted by atomic mass is 10.1. The highest BCUT2D eigenvalue weighted by Gasteiger charge is 2.15. The average Bonchev–Trinajstić information content (AvgIpc) is 2.84. The first-order chi connectivity index (χ1) is 10.1. The van der Waals surface area contributed by atoms with Gasteiger partial charge in [-0.3, -0.25) is 4.79 Å². The van der Waals surface area contributed by atoms with E-state index in [1.165, 1.54) is 0 Å². The number of aryl methyl sites for hydroxylation is 1. The molecule has 106 valence electrons. The van der Waals surface area contributed by atoms with Crippen molar-refractivity contribution in [3.8, 4) is 16.9 Å². The van der Waals surface area contributed by atoms with E-state index in [9.17, 15) is 4.79 Å². The van der Waals surface area contributed by atoms with E-state index in [1.807, 2.05) is 47.9 Å². The summed E-state index contributed by atoms with van der Waals surface area (Å²) in [6, 6.07) is 11.8. The van der Waals surface area contributed by atoms with Crippen LogP contribution in [0.4, 0.5) is 0 Å². The SMILES string of the molecule is COc1ccc(Br)cc1-c1cc2cc(C)ccn2c1C=O. The summed E-state index contributed by atoms with van der Waals surface area (Å²) >= 11 is 3.47. The van der Waals surface area contributed by atoms with Crippen molar-refractivity contribution in [2.24, 2.45) is 0 Å². The summed E-state index contributed by atoms with van der Waals surface area (Å²) in [5.41, 5.74) is 4.55. The predicted molar refractivity (Wildman–Crippen MR) is 87.2 cm³/mol. The lowest BCUT2D eigenvalue weighted by molar-refractivity contribution is 0.111. The van der Waals surface area contributed by atoms with Crippen molar-refractivity contribution in [1.29, 1.82) is 0 Å². The van der Waals surface area contributed by atoms with Gasteiger partial charge in [0, 0.05) is 27.3 Å². The fraction of sp³-hybridized carbons (Fsp3) is 0.118. The molecule has 1 aromatic carbocycles. The maximum atomic E-state index is 11.6. The third kappa shape index (κ3) is 2.36. The second-order valence-corrected chi connectivity index (χ2v) is 5.82. The van der Waals surface area contributed by atoms with Crippen LogP contribution in [-0.2, 0) is 0 Å². The van der Waals surface area contributed by atoms with Gasteiger partial charge in [0.05, 0.1) is 12.8 Å². The Bertz CT molecular complexity index is 836. The molecule has 0 N–H and O–H groups in total. The molecule has 2 aromatic heterocycles. The maximum Gasteiger partial charge on any atom is 0.167 e. The van der Waals surface area contributed by atoms with Gasteiger partial charge in [-0.05, 0) is 48.9 Å². The lowest BCUT2D eigenvalue weighted by Crippen LogP contribution is -1.94. The summed E-state index contributed by atoms with van der Waals surface area (Å²) in [5, 5.41) is 0. The summed E-state index contributed by atoms with van der Waals surface area (Å²) in [5.74, 6) is 0.744. The molecule has 0 bridgehead atoms. The molecule has 3 nitrogen and oxygen atoms in total. The molecule has 4 heteroatoms. The number of halogens is 1. The maximum absolute atomic E-state index is 11.6. The minimum absolute atomic E-state index is 0.626. The van der Waals surface area contributed by atoms with Crippen LogP contribution in [-0.4, -0.2) is 17.8 Å². The largest absolute Gasteiger partial charge is 0.496 e. The van der Waals surface area contributed by atoms with E-state index in [-0.39, 0.29) is 0 Å². The molecule has 0 radical (unpaired) electrons. The van der Waals surface area contributed by atoms with Crippen molar-refractivity contribution in [2.75, 3.05) is 7.11 Å². The van der Waals surface area contributed by atoms with Crippen molar-refractivity contribution in [2.45, 2.75) is 6.92 Å². The summed E-state index contributed by atoms with van der Waals surface area (Å²) in [4.78, 5) is 11.6. The molecule has 3 rings (SSSR count). The van der Waals surface area contributed by atoms with Gasteiger partial charge in [0.25, 0.3) is 0 Å². The number of carbonyl (C=O) groups is 1. The van der Waals surface area contributed by atoms with Gasteiger partial charge in [0.15, 0.2) is 6.29 Å². The number of nitrogens with zero attached hydrogens (tertiary/aromatic N) is 1. The molecule has 0 saturated heterocycles. The molecule has 0 saturated carbocycles. The van der Waals surface area contributed by atoms with Crippen molar-refractivity contribution in [3.05, 3.63) is 58.3 Å². The molecule has 2 heterocycles. The predicted octanol–water partition coefficient (Wildman–Crippen LogP) is 4.50. The molecular formula is C17H14BrNO2. The highest BCUT2D eigenvalue weighted by Crippen LogP contribution is 2.36. The van der Waals surface area contributed by atoms with Crippen LogP contribution in [0.1, 0.15) is 16.1 Å². The minimum Gasteiger partial charge on any atom is -0.496 e. The Balaban J connectivity index is 2.34. The number of ether oxygens (including phenoxy) is 1. The number of rotatable bonds is 3. The van der Waals surface area contributed by atoms with Crippen molar-refractivity contribution >= 4 is 27.7 Å². The van der Waals surface area contributed by atoms with Gasteiger partial charge in [0.1, 0.15) is 5.75 Å². The van der Waals surface area contributed by atoms with Crippen LogP contribution >= 0.6 is 15.9 Å². The third-order valence-corrected chi connectivity index (χ3v) is 4.02. The van der Waals surface area contributed by atoms with Crippen molar-refractivity contribution in [3.63, 3.8) is 0 Å².